The lowest BCUT2D eigenvalue weighted by molar-refractivity contribution is 0.0856. The number of hydrogen-bond acceptors (Lipinski definition) is 4. The Morgan fingerprint density at radius 1 is 0.731 bits per heavy atom. The average Bonchev–Trinajstić information content (AvgIpc) is 2.67. The summed E-state index contributed by atoms with van der Waals surface area (Å²) >= 11 is 0. The van der Waals surface area contributed by atoms with Crippen LogP contribution in [-0.2, 0) is 18.9 Å². The van der Waals surface area contributed by atoms with Crippen LogP contribution >= 0.6 is 0 Å². The molecule has 1 aromatic carbocycles. The summed E-state index contributed by atoms with van der Waals surface area (Å²) in [4.78, 5) is 0. The summed E-state index contributed by atoms with van der Waals surface area (Å²) in [5.41, 5.74) is 4.44. The van der Waals surface area contributed by atoms with E-state index < -0.39 is 0 Å². The van der Waals surface area contributed by atoms with Crippen molar-refractivity contribution < 1.29 is 18.9 Å². The molecule has 0 amide bonds. The Morgan fingerprint density at radius 3 is 1.62 bits per heavy atom. The predicted octanol–water partition coefficient (Wildman–Crippen LogP) is 5.29. The van der Waals surface area contributed by atoms with Gasteiger partial charge in [-0.2, -0.15) is 0 Å². The van der Waals surface area contributed by atoms with Gasteiger partial charge in [-0.25, -0.2) is 0 Å². The minimum absolute atomic E-state index is 0.573. The number of rotatable bonds is 14. The predicted molar refractivity (Wildman–Crippen MR) is 108 cm³/mol. The maximum Gasteiger partial charge on any atom is 0.111 e. The molecule has 0 saturated heterocycles. The van der Waals surface area contributed by atoms with Gasteiger partial charge in [0.15, 0.2) is 0 Å². The maximum atomic E-state index is 5.57. The van der Waals surface area contributed by atoms with Crippen LogP contribution in [0.2, 0.25) is 0 Å². The molecule has 0 N–H and O–H groups in total. The summed E-state index contributed by atoms with van der Waals surface area (Å²) in [5.74, 6) is 0. The SMILES string of the molecule is CCCOCCOC=C(C)c1cccc(C(C)=COCCOCCC)c1. The van der Waals surface area contributed by atoms with E-state index in [9.17, 15) is 0 Å². The van der Waals surface area contributed by atoms with Crippen molar-refractivity contribution in [3.05, 3.63) is 47.9 Å². The Bertz CT molecular complexity index is 504. The molecule has 0 bridgehead atoms. The first-order valence-corrected chi connectivity index (χ1v) is 9.52. The second-order valence-electron chi connectivity index (χ2n) is 6.15. The minimum atomic E-state index is 0.573. The summed E-state index contributed by atoms with van der Waals surface area (Å²) < 4.78 is 21.9. The van der Waals surface area contributed by atoms with E-state index in [0.717, 1.165) is 48.3 Å². The van der Waals surface area contributed by atoms with Crippen LogP contribution in [0, 0.1) is 0 Å². The van der Waals surface area contributed by atoms with E-state index in [0.29, 0.717) is 26.4 Å². The van der Waals surface area contributed by atoms with Crippen LogP contribution in [-0.4, -0.2) is 39.6 Å². The van der Waals surface area contributed by atoms with Gasteiger partial charge >= 0.3 is 0 Å². The van der Waals surface area contributed by atoms with Crippen LogP contribution in [0.5, 0.6) is 0 Å². The first kappa shape index (κ1) is 22.3. The van der Waals surface area contributed by atoms with E-state index in [1.165, 1.54) is 0 Å². The van der Waals surface area contributed by atoms with Crippen molar-refractivity contribution in [2.45, 2.75) is 40.5 Å². The van der Waals surface area contributed by atoms with Gasteiger partial charge in [0.1, 0.15) is 13.2 Å². The van der Waals surface area contributed by atoms with Crippen LogP contribution in [0.3, 0.4) is 0 Å². The zero-order valence-electron chi connectivity index (χ0n) is 16.8. The lowest BCUT2D eigenvalue weighted by Gasteiger charge is -2.08. The minimum Gasteiger partial charge on any atom is -0.498 e. The Morgan fingerprint density at radius 2 is 1.19 bits per heavy atom. The molecule has 0 unspecified atom stereocenters. The molecular formula is C22H34O4. The third kappa shape index (κ3) is 9.64. The third-order valence-electron chi connectivity index (χ3n) is 3.68. The highest BCUT2D eigenvalue weighted by Gasteiger charge is 2.01. The molecule has 4 heteroatoms. The molecule has 0 radical (unpaired) electrons. The monoisotopic (exact) mass is 362 g/mol. The molecule has 0 heterocycles. The molecule has 0 aliphatic heterocycles. The second-order valence-corrected chi connectivity index (χ2v) is 6.15. The molecule has 0 atom stereocenters. The molecule has 1 aromatic rings. The van der Waals surface area contributed by atoms with Crippen LogP contribution < -0.4 is 0 Å². The molecule has 1 rings (SSSR count). The second kappa shape index (κ2) is 14.4. The van der Waals surface area contributed by atoms with Crippen molar-refractivity contribution in [2.75, 3.05) is 39.6 Å². The molecular weight excluding hydrogens is 328 g/mol. The zero-order valence-corrected chi connectivity index (χ0v) is 16.8. The largest absolute Gasteiger partial charge is 0.498 e. The quantitative estimate of drug-likeness (QED) is 0.333. The molecule has 0 aliphatic rings. The fourth-order valence-corrected chi connectivity index (χ4v) is 2.22. The lowest BCUT2D eigenvalue weighted by atomic mass is 10.0. The fraction of sp³-hybridized carbons (Fsp3) is 0.545. The summed E-state index contributed by atoms with van der Waals surface area (Å²) in [6.07, 6.45) is 5.66. The molecule has 0 spiro atoms. The Balaban J connectivity index is 2.49. The zero-order chi connectivity index (χ0) is 19.0. The molecule has 0 saturated carbocycles. The van der Waals surface area contributed by atoms with Gasteiger partial charge in [-0.15, -0.1) is 0 Å². The first-order valence-electron chi connectivity index (χ1n) is 9.52. The van der Waals surface area contributed by atoms with Crippen molar-refractivity contribution in [1.82, 2.24) is 0 Å². The van der Waals surface area contributed by atoms with Crippen LogP contribution in [0.4, 0.5) is 0 Å². The highest BCUT2D eigenvalue weighted by molar-refractivity contribution is 5.70. The summed E-state index contributed by atoms with van der Waals surface area (Å²) in [6, 6.07) is 8.36. The van der Waals surface area contributed by atoms with E-state index in [2.05, 4.69) is 32.0 Å². The Kier molecular flexibility index (Phi) is 12.3. The third-order valence-corrected chi connectivity index (χ3v) is 3.68. The molecule has 0 aliphatic carbocycles. The summed E-state index contributed by atoms with van der Waals surface area (Å²) in [5, 5.41) is 0. The lowest BCUT2D eigenvalue weighted by Crippen LogP contribution is -2.02. The average molecular weight is 363 g/mol. The van der Waals surface area contributed by atoms with E-state index >= 15 is 0 Å². The van der Waals surface area contributed by atoms with E-state index in [1.54, 1.807) is 12.5 Å². The molecule has 0 fully saturated rings. The fourth-order valence-electron chi connectivity index (χ4n) is 2.22. The van der Waals surface area contributed by atoms with Gasteiger partial charge in [0.25, 0.3) is 0 Å². The molecule has 0 aromatic heterocycles. The Labute approximate surface area is 158 Å². The highest BCUT2D eigenvalue weighted by Crippen LogP contribution is 2.20. The van der Waals surface area contributed by atoms with Crippen LogP contribution in [0.1, 0.15) is 51.7 Å². The standard InChI is InChI=1S/C22H34O4/c1-5-10-23-12-14-25-17-19(3)21-8-7-9-22(16-21)20(4)18-26-15-13-24-11-6-2/h7-9,16-18H,5-6,10-15H2,1-4H3. The van der Waals surface area contributed by atoms with E-state index in [-0.39, 0.29) is 0 Å². The smallest absolute Gasteiger partial charge is 0.111 e. The highest BCUT2D eigenvalue weighted by atomic mass is 16.5. The number of ether oxygens (including phenoxy) is 4. The molecule has 146 valence electrons. The van der Waals surface area contributed by atoms with Gasteiger partial charge in [-0.05, 0) is 55.0 Å². The van der Waals surface area contributed by atoms with Gasteiger partial charge in [-0.1, -0.05) is 32.0 Å². The van der Waals surface area contributed by atoms with Crippen molar-refractivity contribution >= 4 is 11.1 Å². The number of benzene rings is 1. The van der Waals surface area contributed by atoms with Gasteiger partial charge in [-0.3, -0.25) is 0 Å². The van der Waals surface area contributed by atoms with E-state index in [1.807, 2.05) is 19.9 Å². The topological polar surface area (TPSA) is 36.9 Å². The Hall–Kier alpha value is -1.78. The molecule has 26 heavy (non-hydrogen) atoms. The molecule has 4 nitrogen and oxygen atoms in total. The first-order chi connectivity index (χ1) is 12.7. The van der Waals surface area contributed by atoms with Crippen molar-refractivity contribution in [3.8, 4) is 0 Å². The van der Waals surface area contributed by atoms with Gasteiger partial charge in [0.2, 0.25) is 0 Å². The van der Waals surface area contributed by atoms with Crippen molar-refractivity contribution in [3.63, 3.8) is 0 Å². The van der Waals surface area contributed by atoms with Gasteiger partial charge in [0, 0.05) is 13.2 Å². The van der Waals surface area contributed by atoms with Crippen LogP contribution in [0.25, 0.3) is 11.1 Å². The number of allylic oxidation sites excluding steroid dienone is 2. The summed E-state index contributed by atoms with van der Waals surface area (Å²) in [7, 11) is 0. The maximum absolute atomic E-state index is 5.57. The number of hydrogen-bond donors (Lipinski definition) is 0. The van der Waals surface area contributed by atoms with Crippen molar-refractivity contribution in [2.24, 2.45) is 0 Å². The normalized spacial score (nSPS) is 12.3. The van der Waals surface area contributed by atoms with Crippen LogP contribution in [0.15, 0.2) is 36.8 Å². The van der Waals surface area contributed by atoms with E-state index in [4.69, 9.17) is 18.9 Å². The van der Waals surface area contributed by atoms with Crippen molar-refractivity contribution in [1.29, 1.82) is 0 Å². The summed E-state index contributed by atoms with van der Waals surface area (Å²) in [6.45, 7) is 12.3. The van der Waals surface area contributed by atoms with Gasteiger partial charge in [0.05, 0.1) is 25.7 Å². The van der Waals surface area contributed by atoms with Gasteiger partial charge < -0.3 is 18.9 Å².